The van der Waals surface area contributed by atoms with Crippen LogP contribution in [0.5, 0.6) is 5.88 Å². The first-order valence-electron chi connectivity index (χ1n) is 7.49. The third-order valence-corrected chi connectivity index (χ3v) is 4.49. The average Bonchev–Trinajstić information content (AvgIpc) is 2.99. The summed E-state index contributed by atoms with van der Waals surface area (Å²) in [6.45, 7) is 1.21. The second-order valence-electron chi connectivity index (χ2n) is 5.32. The Morgan fingerprint density at radius 1 is 1.37 bits per heavy atom. The Bertz CT molecular complexity index is 851. The monoisotopic (exact) mass is 405 g/mol. The summed E-state index contributed by atoms with van der Waals surface area (Å²) in [6.07, 6.45) is -2.83. The molecule has 146 valence electrons. The van der Waals surface area contributed by atoms with Crippen molar-refractivity contribution in [3.63, 3.8) is 0 Å². The molecule has 0 saturated heterocycles. The van der Waals surface area contributed by atoms with Gasteiger partial charge in [0.05, 0.1) is 18.2 Å². The number of carboxylic acids is 1. The lowest BCUT2D eigenvalue weighted by Crippen LogP contribution is -2.23. The number of carbonyl (C=O) groups is 1. The Morgan fingerprint density at radius 2 is 2.04 bits per heavy atom. The van der Waals surface area contributed by atoms with Crippen LogP contribution in [0.2, 0.25) is 0 Å². The molecule has 0 atom stereocenters. The Labute approximate surface area is 155 Å². The number of aromatic nitrogens is 1. The fourth-order valence-electron chi connectivity index (χ4n) is 2.15. The highest BCUT2D eigenvalue weighted by Crippen LogP contribution is 2.40. The van der Waals surface area contributed by atoms with Crippen molar-refractivity contribution in [3.8, 4) is 5.88 Å². The van der Waals surface area contributed by atoms with Gasteiger partial charge >= 0.3 is 18.3 Å². The van der Waals surface area contributed by atoms with E-state index < -0.39 is 23.3 Å². The molecule has 0 bridgehead atoms. The molecule has 0 aliphatic rings. The molecule has 10 heteroatoms. The normalized spacial score (nSPS) is 12.3. The minimum Gasteiger partial charge on any atom is -0.503 e. The van der Waals surface area contributed by atoms with Crippen LogP contribution in [-0.2, 0) is 22.1 Å². The fourth-order valence-corrected chi connectivity index (χ4v) is 2.99. The van der Waals surface area contributed by atoms with E-state index in [9.17, 15) is 27.5 Å². The number of carboxylic acid groups (broad SMARTS) is 1. The van der Waals surface area contributed by atoms with Gasteiger partial charge in [-0.3, -0.25) is 0 Å². The molecule has 0 unspecified atom stereocenters. The van der Waals surface area contributed by atoms with E-state index in [4.69, 9.17) is 9.47 Å². The van der Waals surface area contributed by atoms with Crippen LogP contribution in [0.3, 0.4) is 0 Å². The van der Waals surface area contributed by atoms with Gasteiger partial charge in [0.1, 0.15) is 12.2 Å². The highest BCUT2D eigenvalue weighted by atomic mass is 32.1. The standard InChI is InChI=1S/C17H15F4NO4S/c1-9-13(22-16(27-9)17(20,21)15(18)19)26-7-10-5-3-4-6-11(10)12(8-25-2)14(23)24/h3-6,8,15H,7H2,1-2H3,(H,23,24). The molecular weight excluding hydrogens is 390 g/mol. The van der Waals surface area contributed by atoms with Crippen molar-refractivity contribution in [2.24, 2.45) is 0 Å². The number of hydrogen-bond donors (Lipinski definition) is 1. The highest BCUT2D eigenvalue weighted by molar-refractivity contribution is 7.12. The summed E-state index contributed by atoms with van der Waals surface area (Å²) in [5.74, 6) is -5.81. The van der Waals surface area contributed by atoms with Crippen molar-refractivity contribution < 1.29 is 36.9 Å². The van der Waals surface area contributed by atoms with Crippen molar-refractivity contribution in [1.29, 1.82) is 0 Å². The van der Waals surface area contributed by atoms with Crippen molar-refractivity contribution in [2.75, 3.05) is 7.11 Å². The molecule has 0 saturated carbocycles. The maximum atomic E-state index is 13.4. The van der Waals surface area contributed by atoms with Gasteiger partial charge < -0.3 is 14.6 Å². The maximum Gasteiger partial charge on any atom is 0.358 e. The van der Waals surface area contributed by atoms with Crippen LogP contribution in [-0.4, -0.2) is 29.6 Å². The van der Waals surface area contributed by atoms with Crippen molar-refractivity contribution in [2.45, 2.75) is 25.9 Å². The van der Waals surface area contributed by atoms with E-state index in [0.717, 1.165) is 6.26 Å². The number of alkyl halides is 4. The summed E-state index contributed by atoms with van der Waals surface area (Å²) >= 11 is 0.417. The highest BCUT2D eigenvalue weighted by Gasteiger charge is 2.46. The van der Waals surface area contributed by atoms with E-state index >= 15 is 0 Å². The van der Waals surface area contributed by atoms with Gasteiger partial charge in [0.15, 0.2) is 5.01 Å². The molecule has 27 heavy (non-hydrogen) atoms. The summed E-state index contributed by atoms with van der Waals surface area (Å²) in [4.78, 5) is 15.1. The molecule has 0 spiro atoms. The summed E-state index contributed by atoms with van der Waals surface area (Å²) in [5.41, 5.74) is 0.604. The number of thiazole rings is 1. The van der Waals surface area contributed by atoms with Gasteiger partial charge in [0.25, 0.3) is 0 Å². The fraction of sp³-hybridized carbons (Fsp3) is 0.294. The lowest BCUT2D eigenvalue weighted by atomic mass is 10.0. The molecule has 1 aromatic carbocycles. The molecule has 5 nitrogen and oxygen atoms in total. The largest absolute Gasteiger partial charge is 0.503 e. The van der Waals surface area contributed by atoms with Gasteiger partial charge in [0, 0.05) is 0 Å². The summed E-state index contributed by atoms with van der Waals surface area (Å²) in [5, 5.41) is 8.26. The van der Waals surface area contributed by atoms with E-state index in [1.54, 1.807) is 18.2 Å². The molecule has 0 aliphatic heterocycles. The number of rotatable bonds is 8. The minimum atomic E-state index is -4.37. The van der Waals surface area contributed by atoms with Crippen LogP contribution in [0.15, 0.2) is 30.5 Å². The number of aliphatic carboxylic acids is 1. The van der Waals surface area contributed by atoms with E-state index in [2.05, 4.69) is 4.98 Å². The summed E-state index contributed by atoms with van der Waals surface area (Å²) in [7, 11) is 1.30. The number of hydrogen-bond acceptors (Lipinski definition) is 5. The van der Waals surface area contributed by atoms with Crippen LogP contribution in [0.25, 0.3) is 5.57 Å². The maximum absolute atomic E-state index is 13.4. The Balaban J connectivity index is 2.27. The summed E-state index contributed by atoms with van der Waals surface area (Å²) in [6, 6.07) is 6.36. The molecule has 1 aromatic heterocycles. The van der Waals surface area contributed by atoms with E-state index in [1.807, 2.05) is 0 Å². The average molecular weight is 405 g/mol. The Hall–Kier alpha value is -2.62. The third-order valence-electron chi connectivity index (χ3n) is 3.45. The first-order chi connectivity index (χ1) is 12.7. The third kappa shape index (κ3) is 4.57. The van der Waals surface area contributed by atoms with Crippen molar-refractivity contribution in [3.05, 3.63) is 51.5 Å². The van der Waals surface area contributed by atoms with E-state index in [-0.39, 0.29) is 22.9 Å². The number of methoxy groups -OCH3 is 1. The number of ether oxygens (including phenoxy) is 2. The van der Waals surface area contributed by atoms with E-state index in [1.165, 1.54) is 20.1 Å². The number of aryl methyl sites for hydroxylation is 1. The van der Waals surface area contributed by atoms with Crippen LogP contribution in [0, 0.1) is 6.92 Å². The number of nitrogens with zero attached hydrogens (tertiary/aromatic N) is 1. The molecule has 2 aromatic rings. The second-order valence-corrected chi connectivity index (χ2v) is 6.53. The van der Waals surface area contributed by atoms with Crippen LogP contribution in [0.1, 0.15) is 21.0 Å². The van der Waals surface area contributed by atoms with Gasteiger partial charge in [-0.15, -0.1) is 11.3 Å². The summed E-state index contributed by atoms with van der Waals surface area (Å²) < 4.78 is 62.0. The molecule has 2 rings (SSSR count). The predicted molar refractivity (Wildman–Crippen MR) is 90.1 cm³/mol. The quantitative estimate of drug-likeness (QED) is 0.399. The number of halogens is 4. The minimum absolute atomic E-state index is 0.128. The lowest BCUT2D eigenvalue weighted by molar-refractivity contribution is -0.135. The van der Waals surface area contributed by atoms with Crippen molar-refractivity contribution in [1.82, 2.24) is 4.98 Å². The zero-order valence-electron chi connectivity index (χ0n) is 14.2. The lowest BCUT2D eigenvalue weighted by Gasteiger charge is -2.12. The molecule has 0 aliphatic carbocycles. The van der Waals surface area contributed by atoms with Gasteiger partial charge in [-0.1, -0.05) is 24.3 Å². The molecule has 1 heterocycles. The van der Waals surface area contributed by atoms with Gasteiger partial charge in [0.2, 0.25) is 5.88 Å². The second kappa shape index (κ2) is 8.38. The topological polar surface area (TPSA) is 68.7 Å². The zero-order valence-corrected chi connectivity index (χ0v) is 15.0. The van der Waals surface area contributed by atoms with E-state index in [0.29, 0.717) is 22.5 Å². The first-order valence-corrected chi connectivity index (χ1v) is 8.31. The van der Waals surface area contributed by atoms with Gasteiger partial charge in [-0.05, 0) is 18.1 Å². The first kappa shape index (κ1) is 20.7. The van der Waals surface area contributed by atoms with Crippen LogP contribution >= 0.6 is 11.3 Å². The van der Waals surface area contributed by atoms with Gasteiger partial charge in [-0.25, -0.2) is 13.6 Å². The zero-order chi connectivity index (χ0) is 20.2. The molecular formula is C17H15F4NO4S. The number of benzene rings is 1. The Kier molecular flexibility index (Phi) is 6.42. The van der Waals surface area contributed by atoms with Crippen LogP contribution < -0.4 is 4.74 Å². The SMILES string of the molecule is COC=C(C(=O)O)c1ccccc1COc1nc(C(F)(F)C(F)F)sc1C. The molecule has 0 amide bonds. The van der Waals surface area contributed by atoms with Gasteiger partial charge in [-0.2, -0.15) is 13.8 Å². The molecule has 1 N–H and O–H groups in total. The van der Waals surface area contributed by atoms with Crippen LogP contribution in [0.4, 0.5) is 17.6 Å². The Morgan fingerprint density at radius 3 is 2.63 bits per heavy atom. The predicted octanol–water partition coefficient (Wildman–Crippen LogP) is 4.46. The molecule has 0 fully saturated rings. The molecule has 0 radical (unpaired) electrons. The van der Waals surface area contributed by atoms with Crippen molar-refractivity contribution >= 4 is 22.9 Å². The smallest absolute Gasteiger partial charge is 0.358 e.